The molecule has 0 spiro atoms. The summed E-state index contributed by atoms with van der Waals surface area (Å²) >= 11 is 0. The molecule has 0 radical (unpaired) electrons. The van der Waals surface area contributed by atoms with E-state index in [1.54, 1.807) is 0 Å². The summed E-state index contributed by atoms with van der Waals surface area (Å²) in [6.45, 7) is 4.13. The van der Waals surface area contributed by atoms with Gasteiger partial charge in [-0.15, -0.1) is 0 Å². The molecule has 7 rings (SSSR count). The molecule has 7 aromatic carbocycles. The number of benzene rings is 7. The third kappa shape index (κ3) is 7.36. The second-order valence-corrected chi connectivity index (χ2v) is 12.2. The first-order valence-electron chi connectivity index (χ1n) is 17.0. The van der Waals surface area contributed by atoms with Gasteiger partial charge in [0.2, 0.25) is 0 Å². The molecule has 0 heterocycles. The highest BCUT2D eigenvalue weighted by atomic mass is 14.9. The number of rotatable bonds is 8. The molecule has 0 aliphatic rings. The van der Waals surface area contributed by atoms with E-state index in [2.05, 4.69) is 183 Å². The number of hydrogen-bond acceptors (Lipinski definition) is 1. The molecule has 0 N–H and O–H groups in total. The summed E-state index contributed by atoms with van der Waals surface area (Å²) in [6, 6.07) is 65.8. The van der Waals surface area contributed by atoms with Gasteiger partial charge in [0.1, 0.15) is 0 Å². The lowest BCUT2D eigenvalue weighted by atomic mass is 9.93. The highest BCUT2D eigenvalue weighted by Crippen LogP contribution is 2.35. The topological polar surface area (TPSA) is 24.7 Å². The van der Waals surface area contributed by atoms with Gasteiger partial charge in [0, 0.05) is 16.8 Å². The van der Waals surface area contributed by atoms with E-state index in [0.717, 1.165) is 55.9 Å². The SMILES string of the molecule is C/C=C(/N=C(N=C(C)c1cc(-c2ccccc2)cc(-c2ccccc2)c1)c1ccccc1)c1ccc(-c2ccccc2)cc1-c1ccccc1. The number of allylic oxidation sites excluding steroid dienone is 1. The molecule has 0 saturated carbocycles. The van der Waals surface area contributed by atoms with E-state index in [1.807, 2.05) is 25.1 Å². The largest absolute Gasteiger partial charge is 0.233 e. The fourth-order valence-electron chi connectivity index (χ4n) is 6.22. The van der Waals surface area contributed by atoms with Gasteiger partial charge in [0.25, 0.3) is 0 Å². The first-order chi connectivity index (χ1) is 24.7. The molecule has 0 bridgehead atoms. The molecule has 2 nitrogen and oxygen atoms in total. The normalized spacial score (nSPS) is 12.2. The molecular weight excluding hydrogens is 605 g/mol. The van der Waals surface area contributed by atoms with Crippen molar-refractivity contribution in [1.29, 1.82) is 0 Å². The average molecular weight is 643 g/mol. The Balaban J connectivity index is 1.37. The Morgan fingerprint density at radius 3 is 1.36 bits per heavy atom. The maximum absolute atomic E-state index is 5.34. The minimum absolute atomic E-state index is 0.661. The van der Waals surface area contributed by atoms with Gasteiger partial charge in [0.05, 0.1) is 5.70 Å². The molecule has 240 valence electrons. The van der Waals surface area contributed by atoms with Crippen molar-refractivity contribution in [3.05, 3.63) is 211 Å². The summed E-state index contributed by atoms with van der Waals surface area (Å²) < 4.78 is 0. The Morgan fingerprint density at radius 1 is 0.400 bits per heavy atom. The lowest BCUT2D eigenvalue weighted by molar-refractivity contribution is 1.42. The van der Waals surface area contributed by atoms with Gasteiger partial charge >= 0.3 is 0 Å². The van der Waals surface area contributed by atoms with Gasteiger partial charge in [-0.2, -0.15) is 0 Å². The van der Waals surface area contributed by atoms with Crippen molar-refractivity contribution in [2.24, 2.45) is 9.98 Å². The minimum Gasteiger partial charge on any atom is -0.233 e. The summed E-state index contributed by atoms with van der Waals surface area (Å²) in [4.78, 5) is 10.6. The first-order valence-corrected chi connectivity index (χ1v) is 17.0. The second-order valence-electron chi connectivity index (χ2n) is 12.2. The molecule has 0 aromatic heterocycles. The molecule has 0 fully saturated rings. The van der Waals surface area contributed by atoms with Crippen molar-refractivity contribution in [2.75, 3.05) is 0 Å². The quantitative estimate of drug-likeness (QED) is 0.116. The number of nitrogens with zero attached hydrogens (tertiary/aromatic N) is 2. The van der Waals surface area contributed by atoms with Gasteiger partial charge in [-0.25, -0.2) is 9.98 Å². The number of aliphatic imine (C=N–C) groups is 2. The van der Waals surface area contributed by atoms with Gasteiger partial charge < -0.3 is 0 Å². The predicted molar refractivity (Wildman–Crippen MR) is 213 cm³/mol. The van der Waals surface area contributed by atoms with E-state index in [0.29, 0.717) is 5.84 Å². The van der Waals surface area contributed by atoms with E-state index in [1.165, 1.54) is 16.7 Å². The predicted octanol–water partition coefficient (Wildman–Crippen LogP) is 12.7. The molecule has 7 aromatic rings. The summed E-state index contributed by atoms with van der Waals surface area (Å²) in [6.07, 6.45) is 2.08. The van der Waals surface area contributed by atoms with E-state index in [-0.39, 0.29) is 0 Å². The summed E-state index contributed by atoms with van der Waals surface area (Å²) in [5.74, 6) is 0.661. The zero-order valence-electron chi connectivity index (χ0n) is 28.4. The van der Waals surface area contributed by atoms with Crippen molar-refractivity contribution >= 4 is 17.2 Å². The molecule has 50 heavy (non-hydrogen) atoms. The van der Waals surface area contributed by atoms with Crippen LogP contribution in [-0.4, -0.2) is 11.5 Å². The van der Waals surface area contributed by atoms with Gasteiger partial charge in [-0.1, -0.05) is 170 Å². The molecule has 0 aliphatic carbocycles. The van der Waals surface area contributed by atoms with Crippen LogP contribution in [0.25, 0.3) is 50.2 Å². The van der Waals surface area contributed by atoms with Crippen LogP contribution >= 0.6 is 0 Å². The van der Waals surface area contributed by atoms with Crippen LogP contribution < -0.4 is 0 Å². The van der Waals surface area contributed by atoms with Crippen LogP contribution in [0.2, 0.25) is 0 Å². The standard InChI is InChI=1S/C48H38N2/c1-3-47(45-30-29-41(36-19-9-4-10-20-36)34-46(45)39-25-15-7-16-26-39)50-48(40-27-17-8-18-28-40)49-35(2)42-31-43(37-21-11-5-12-22-37)33-44(32-42)38-23-13-6-14-24-38/h3-34H,1-2H3/b47-3+,49-35?,50-48?. The first kappa shape index (κ1) is 32.2. The van der Waals surface area contributed by atoms with Crippen LogP contribution in [0, 0.1) is 0 Å². The summed E-state index contributed by atoms with van der Waals surface area (Å²) in [5, 5.41) is 0. The summed E-state index contributed by atoms with van der Waals surface area (Å²) in [7, 11) is 0. The lowest BCUT2D eigenvalue weighted by Crippen LogP contribution is -2.05. The van der Waals surface area contributed by atoms with E-state index < -0.39 is 0 Å². The van der Waals surface area contributed by atoms with Crippen molar-refractivity contribution in [1.82, 2.24) is 0 Å². The van der Waals surface area contributed by atoms with E-state index >= 15 is 0 Å². The minimum atomic E-state index is 0.661. The van der Waals surface area contributed by atoms with E-state index in [9.17, 15) is 0 Å². The Morgan fingerprint density at radius 2 is 0.860 bits per heavy atom. The summed E-state index contributed by atoms with van der Waals surface area (Å²) in [5.41, 5.74) is 14.0. The molecule has 0 aliphatic heterocycles. The second kappa shape index (κ2) is 15.2. The zero-order chi connectivity index (χ0) is 34.1. The van der Waals surface area contributed by atoms with Gasteiger partial charge in [0.15, 0.2) is 5.84 Å². The van der Waals surface area contributed by atoms with Crippen LogP contribution in [0.3, 0.4) is 0 Å². The van der Waals surface area contributed by atoms with Crippen molar-refractivity contribution < 1.29 is 0 Å². The Bertz CT molecular complexity index is 2230. The Kier molecular flexibility index (Phi) is 9.80. The Labute approximate surface area is 295 Å². The molecule has 0 unspecified atom stereocenters. The van der Waals surface area contributed by atoms with Gasteiger partial charge in [-0.3, -0.25) is 0 Å². The average Bonchev–Trinajstić information content (AvgIpc) is 3.20. The van der Waals surface area contributed by atoms with E-state index in [4.69, 9.17) is 9.98 Å². The monoisotopic (exact) mass is 642 g/mol. The fourth-order valence-corrected chi connectivity index (χ4v) is 6.22. The molecule has 0 atom stereocenters. The maximum Gasteiger partial charge on any atom is 0.160 e. The van der Waals surface area contributed by atoms with Crippen LogP contribution in [-0.2, 0) is 0 Å². The van der Waals surface area contributed by atoms with Crippen LogP contribution in [0.4, 0.5) is 0 Å². The van der Waals surface area contributed by atoms with Crippen molar-refractivity contribution in [3.8, 4) is 44.5 Å². The number of hydrogen-bond donors (Lipinski definition) is 0. The Hall–Kier alpha value is -6.38. The van der Waals surface area contributed by atoms with Crippen LogP contribution in [0.5, 0.6) is 0 Å². The molecular formula is C48H38N2. The van der Waals surface area contributed by atoms with Crippen molar-refractivity contribution in [3.63, 3.8) is 0 Å². The smallest absolute Gasteiger partial charge is 0.160 e. The van der Waals surface area contributed by atoms with Crippen LogP contribution in [0.15, 0.2) is 204 Å². The maximum atomic E-state index is 5.34. The van der Waals surface area contributed by atoms with Gasteiger partial charge in [-0.05, 0) is 88.2 Å². The molecule has 2 heteroatoms. The van der Waals surface area contributed by atoms with Crippen LogP contribution in [0.1, 0.15) is 30.5 Å². The zero-order valence-corrected chi connectivity index (χ0v) is 28.4. The fraction of sp³-hybridized carbons (Fsp3) is 0.0417. The number of amidine groups is 1. The highest BCUT2D eigenvalue weighted by molar-refractivity contribution is 6.13. The third-order valence-corrected chi connectivity index (χ3v) is 8.86. The third-order valence-electron chi connectivity index (χ3n) is 8.86. The highest BCUT2D eigenvalue weighted by Gasteiger charge is 2.14. The van der Waals surface area contributed by atoms with Crippen molar-refractivity contribution in [2.45, 2.75) is 13.8 Å². The lowest BCUT2D eigenvalue weighted by Gasteiger charge is -2.15. The molecule has 0 saturated heterocycles. The molecule has 0 amide bonds.